The first-order chi connectivity index (χ1) is 8.63. The average Bonchev–Trinajstić information content (AvgIpc) is 2.41. The highest BCUT2D eigenvalue weighted by atomic mass is 32.2. The predicted molar refractivity (Wildman–Crippen MR) is 76.8 cm³/mol. The van der Waals surface area contributed by atoms with Crippen LogP contribution in [0.3, 0.4) is 0 Å². The number of nitrogens with zero attached hydrogens (tertiary/aromatic N) is 1. The second-order valence-electron chi connectivity index (χ2n) is 4.72. The minimum absolute atomic E-state index is 0.137. The van der Waals surface area contributed by atoms with Crippen LogP contribution in [-0.4, -0.2) is 34.4 Å². The molecule has 0 bridgehead atoms. The minimum atomic E-state index is 0.137. The molecule has 1 heterocycles. The molecule has 0 spiro atoms. The highest BCUT2D eigenvalue weighted by Gasteiger charge is 2.29. The van der Waals surface area contributed by atoms with E-state index < -0.39 is 0 Å². The van der Waals surface area contributed by atoms with Crippen molar-refractivity contribution in [3.8, 4) is 0 Å². The molecular weight excluding hydrogens is 244 g/mol. The van der Waals surface area contributed by atoms with Gasteiger partial charge in [-0.1, -0.05) is 19.1 Å². The third-order valence-corrected chi connectivity index (χ3v) is 4.92. The fraction of sp³-hybridized carbons (Fsp3) is 0.500. The Morgan fingerprint density at radius 3 is 2.67 bits per heavy atom. The van der Waals surface area contributed by atoms with E-state index in [2.05, 4.69) is 13.8 Å². The van der Waals surface area contributed by atoms with Crippen molar-refractivity contribution in [1.29, 1.82) is 0 Å². The zero-order valence-corrected chi connectivity index (χ0v) is 11.7. The normalized spacial score (nSPS) is 24.1. The molecule has 0 aliphatic carbocycles. The zero-order valence-electron chi connectivity index (χ0n) is 10.9. The maximum atomic E-state index is 12.4. The van der Waals surface area contributed by atoms with Crippen molar-refractivity contribution in [3.05, 3.63) is 35.4 Å². The van der Waals surface area contributed by atoms with Gasteiger partial charge in [0.05, 0.1) is 0 Å². The van der Waals surface area contributed by atoms with Gasteiger partial charge in [-0.05, 0) is 24.6 Å². The summed E-state index contributed by atoms with van der Waals surface area (Å²) in [5.74, 6) is 1.16. The molecule has 3 nitrogen and oxygen atoms in total. The van der Waals surface area contributed by atoms with Crippen LogP contribution in [0.15, 0.2) is 24.3 Å². The number of hydrogen-bond donors (Lipinski definition) is 1. The summed E-state index contributed by atoms with van der Waals surface area (Å²) < 4.78 is 0. The first-order valence-electron chi connectivity index (χ1n) is 6.35. The number of benzene rings is 1. The van der Waals surface area contributed by atoms with Crippen LogP contribution < -0.4 is 5.73 Å². The first kappa shape index (κ1) is 13.4. The smallest absolute Gasteiger partial charge is 0.254 e. The lowest BCUT2D eigenvalue weighted by Gasteiger charge is -2.37. The predicted octanol–water partition coefficient (Wildman–Crippen LogP) is 2.11. The van der Waals surface area contributed by atoms with Crippen molar-refractivity contribution in [1.82, 2.24) is 4.90 Å². The number of nitrogens with two attached hydrogens (primary N) is 1. The molecule has 98 valence electrons. The summed E-state index contributed by atoms with van der Waals surface area (Å²) in [5.41, 5.74) is 7.38. The van der Waals surface area contributed by atoms with Crippen LogP contribution in [-0.2, 0) is 6.54 Å². The highest BCUT2D eigenvalue weighted by molar-refractivity contribution is 8.00. The van der Waals surface area contributed by atoms with E-state index in [1.165, 1.54) is 0 Å². The van der Waals surface area contributed by atoms with Gasteiger partial charge in [-0.25, -0.2) is 0 Å². The van der Waals surface area contributed by atoms with Crippen LogP contribution in [0.4, 0.5) is 0 Å². The molecule has 1 amide bonds. The van der Waals surface area contributed by atoms with E-state index in [0.717, 1.165) is 23.4 Å². The molecule has 1 saturated heterocycles. The Morgan fingerprint density at radius 2 is 2.06 bits per heavy atom. The standard InChI is InChI=1S/C14H20N2OS/c1-10-11(2)18-8-7-16(10)14(17)13-5-3-12(9-15)4-6-13/h3-6,10-11H,7-9,15H2,1-2H3. The number of rotatable bonds is 2. The minimum Gasteiger partial charge on any atom is -0.334 e. The summed E-state index contributed by atoms with van der Waals surface area (Å²) in [4.78, 5) is 14.4. The van der Waals surface area contributed by atoms with E-state index in [1.807, 2.05) is 40.9 Å². The molecule has 1 aromatic rings. The second kappa shape index (κ2) is 5.76. The molecule has 2 unspecified atom stereocenters. The van der Waals surface area contributed by atoms with E-state index in [4.69, 9.17) is 5.73 Å². The maximum Gasteiger partial charge on any atom is 0.254 e. The molecule has 2 atom stereocenters. The van der Waals surface area contributed by atoms with Crippen LogP contribution in [0.1, 0.15) is 29.8 Å². The summed E-state index contributed by atoms with van der Waals surface area (Å²) >= 11 is 1.94. The lowest BCUT2D eigenvalue weighted by atomic mass is 10.1. The van der Waals surface area contributed by atoms with Crippen molar-refractivity contribution in [2.75, 3.05) is 12.3 Å². The van der Waals surface area contributed by atoms with Gasteiger partial charge in [0.15, 0.2) is 0 Å². The zero-order chi connectivity index (χ0) is 13.1. The van der Waals surface area contributed by atoms with Gasteiger partial charge in [0, 0.05) is 35.7 Å². The maximum absolute atomic E-state index is 12.4. The van der Waals surface area contributed by atoms with Crippen molar-refractivity contribution in [3.63, 3.8) is 0 Å². The average molecular weight is 264 g/mol. The number of amides is 1. The fourth-order valence-electron chi connectivity index (χ4n) is 2.17. The van der Waals surface area contributed by atoms with Crippen LogP contribution >= 0.6 is 11.8 Å². The third-order valence-electron chi connectivity index (χ3n) is 3.58. The molecule has 1 aromatic carbocycles. The number of carbonyl (C=O) groups excluding carboxylic acids is 1. The molecule has 0 saturated carbocycles. The van der Waals surface area contributed by atoms with Crippen LogP contribution in [0.5, 0.6) is 0 Å². The van der Waals surface area contributed by atoms with Crippen molar-refractivity contribution < 1.29 is 4.79 Å². The van der Waals surface area contributed by atoms with Gasteiger partial charge in [-0.3, -0.25) is 4.79 Å². The largest absolute Gasteiger partial charge is 0.334 e. The number of thioether (sulfide) groups is 1. The fourth-order valence-corrected chi connectivity index (χ4v) is 3.27. The Kier molecular flexibility index (Phi) is 4.30. The lowest BCUT2D eigenvalue weighted by molar-refractivity contribution is 0.0698. The summed E-state index contributed by atoms with van der Waals surface area (Å²) in [5, 5.41) is 0.506. The Hall–Kier alpha value is -1.00. The summed E-state index contributed by atoms with van der Waals surface area (Å²) in [6.07, 6.45) is 0. The van der Waals surface area contributed by atoms with Crippen LogP contribution in [0.25, 0.3) is 0 Å². The van der Waals surface area contributed by atoms with E-state index >= 15 is 0 Å². The monoisotopic (exact) mass is 264 g/mol. The Balaban J connectivity index is 2.14. The topological polar surface area (TPSA) is 46.3 Å². The molecule has 0 radical (unpaired) electrons. The van der Waals surface area contributed by atoms with Gasteiger partial charge < -0.3 is 10.6 Å². The van der Waals surface area contributed by atoms with E-state index in [1.54, 1.807) is 0 Å². The SMILES string of the molecule is CC1SCCN(C(=O)c2ccc(CN)cc2)C1C. The summed E-state index contributed by atoms with van der Waals surface area (Å²) in [6, 6.07) is 7.92. The van der Waals surface area contributed by atoms with Gasteiger partial charge in [0.1, 0.15) is 0 Å². The van der Waals surface area contributed by atoms with Crippen LogP contribution in [0.2, 0.25) is 0 Å². The second-order valence-corrected chi connectivity index (χ2v) is 6.20. The van der Waals surface area contributed by atoms with Gasteiger partial charge in [0.2, 0.25) is 0 Å². The molecule has 2 N–H and O–H groups in total. The Labute approximate surface area is 113 Å². The van der Waals surface area contributed by atoms with E-state index in [-0.39, 0.29) is 5.91 Å². The first-order valence-corrected chi connectivity index (χ1v) is 7.40. The van der Waals surface area contributed by atoms with Gasteiger partial charge >= 0.3 is 0 Å². The molecule has 2 rings (SSSR count). The lowest BCUT2D eigenvalue weighted by Crippen LogP contribution is -2.47. The van der Waals surface area contributed by atoms with Gasteiger partial charge in [0.25, 0.3) is 5.91 Å². The van der Waals surface area contributed by atoms with Gasteiger partial charge in [-0.15, -0.1) is 0 Å². The molecule has 1 aliphatic rings. The molecule has 1 fully saturated rings. The van der Waals surface area contributed by atoms with Crippen molar-refractivity contribution >= 4 is 17.7 Å². The highest BCUT2D eigenvalue weighted by Crippen LogP contribution is 2.25. The molecule has 0 aromatic heterocycles. The molecule has 18 heavy (non-hydrogen) atoms. The quantitative estimate of drug-likeness (QED) is 0.890. The third kappa shape index (κ3) is 2.70. The van der Waals surface area contributed by atoms with E-state index in [0.29, 0.717) is 17.8 Å². The Bertz CT molecular complexity index is 418. The molecule has 1 aliphatic heterocycles. The molecule has 4 heteroatoms. The van der Waals surface area contributed by atoms with Crippen molar-refractivity contribution in [2.24, 2.45) is 5.73 Å². The summed E-state index contributed by atoms with van der Waals surface area (Å²) in [6.45, 7) is 5.67. The van der Waals surface area contributed by atoms with Crippen molar-refractivity contribution in [2.45, 2.75) is 31.7 Å². The van der Waals surface area contributed by atoms with Gasteiger partial charge in [-0.2, -0.15) is 11.8 Å². The summed E-state index contributed by atoms with van der Waals surface area (Å²) in [7, 11) is 0. The number of carbonyl (C=O) groups is 1. The Morgan fingerprint density at radius 1 is 1.39 bits per heavy atom. The van der Waals surface area contributed by atoms with E-state index in [9.17, 15) is 4.79 Å². The number of hydrogen-bond acceptors (Lipinski definition) is 3. The van der Waals surface area contributed by atoms with Crippen LogP contribution in [0, 0.1) is 0 Å². The molecular formula is C14H20N2OS.